The van der Waals surface area contributed by atoms with Crippen LogP contribution in [0.3, 0.4) is 0 Å². The molecule has 0 rings (SSSR count). The molecule has 0 amide bonds. The second kappa shape index (κ2) is 13.7. The number of nitrogens with zero attached hydrogens (tertiary/aromatic N) is 1. The number of carbonyl (C=O) groups is 2. The Morgan fingerprint density at radius 2 is 1.27 bits per heavy atom. The molecule has 0 aliphatic carbocycles. The first kappa shape index (κ1) is 26.0. The molecule has 0 heterocycles. The number of quaternary nitrogens is 1. The van der Waals surface area contributed by atoms with Crippen molar-refractivity contribution >= 4 is 11.9 Å². The molecule has 0 aliphatic rings. The molecule has 9 heteroatoms. The van der Waals surface area contributed by atoms with Crippen LogP contribution in [0.2, 0.25) is 0 Å². The highest BCUT2D eigenvalue weighted by atomic mass is 35.5. The van der Waals surface area contributed by atoms with Crippen molar-refractivity contribution in [2.45, 2.75) is 26.1 Å². The summed E-state index contributed by atoms with van der Waals surface area (Å²) in [5.74, 6) is -2.10. The summed E-state index contributed by atoms with van der Waals surface area (Å²) in [6.45, 7) is 4.32. The molecular formula is C13H28ClNO7. The van der Waals surface area contributed by atoms with Crippen LogP contribution in [0.5, 0.6) is 0 Å². The molecule has 0 aliphatic heterocycles. The number of carbonyl (C=O) groups excluding carboxylic acids is 2. The zero-order valence-corrected chi connectivity index (χ0v) is 14.5. The van der Waals surface area contributed by atoms with Gasteiger partial charge in [0.15, 0.2) is 12.2 Å². The van der Waals surface area contributed by atoms with E-state index in [9.17, 15) is 9.59 Å². The van der Waals surface area contributed by atoms with E-state index in [1.54, 1.807) is 13.8 Å². The van der Waals surface area contributed by atoms with Crippen molar-refractivity contribution in [1.29, 1.82) is 0 Å². The average Bonchev–Trinajstić information content (AvgIpc) is 2.36. The van der Waals surface area contributed by atoms with Crippen LogP contribution < -0.4 is 12.4 Å². The molecule has 8 nitrogen and oxygen atoms in total. The van der Waals surface area contributed by atoms with Crippen molar-refractivity contribution in [2.75, 3.05) is 47.5 Å². The van der Waals surface area contributed by atoms with Gasteiger partial charge in [0.05, 0.1) is 41.0 Å². The Morgan fingerprint density at radius 3 is 1.41 bits per heavy atom. The lowest BCUT2D eigenvalue weighted by Crippen LogP contribution is -3.00. The molecule has 3 N–H and O–H groups in total. The van der Waals surface area contributed by atoms with Gasteiger partial charge in [-0.3, -0.25) is 0 Å². The molecule has 2 unspecified atom stereocenters. The predicted molar refractivity (Wildman–Crippen MR) is 75.3 cm³/mol. The zero-order valence-electron chi connectivity index (χ0n) is 13.8. The molecular weight excluding hydrogens is 318 g/mol. The van der Waals surface area contributed by atoms with E-state index >= 15 is 0 Å². The van der Waals surface area contributed by atoms with Crippen LogP contribution in [0.25, 0.3) is 0 Å². The van der Waals surface area contributed by atoms with E-state index in [-0.39, 0.29) is 32.2 Å². The molecule has 134 valence electrons. The van der Waals surface area contributed by atoms with Crippen LogP contribution in [-0.2, 0) is 19.1 Å². The maximum Gasteiger partial charge on any atom is 0.338 e. The van der Waals surface area contributed by atoms with Gasteiger partial charge in [0.1, 0.15) is 6.54 Å². The fourth-order valence-corrected chi connectivity index (χ4v) is 1.01. The molecule has 0 saturated heterocycles. The SMILES string of the molecule is CCOC(=O)C(O)C(O)C(=O)OCC.C[N+](C)(C)CCO.[Cl-]. The minimum absolute atomic E-state index is 0. The fraction of sp³-hybridized carbons (Fsp3) is 0.846. The minimum Gasteiger partial charge on any atom is -1.00 e. The van der Waals surface area contributed by atoms with Gasteiger partial charge in [-0.05, 0) is 13.8 Å². The van der Waals surface area contributed by atoms with Gasteiger partial charge in [0.25, 0.3) is 0 Å². The predicted octanol–water partition coefficient (Wildman–Crippen LogP) is -4.48. The van der Waals surface area contributed by atoms with Crippen LogP contribution >= 0.6 is 0 Å². The summed E-state index contributed by atoms with van der Waals surface area (Å²) in [7, 11) is 6.16. The first-order valence-corrected chi connectivity index (χ1v) is 6.71. The second-order valence-corrected chi connectivity index (χ2v) is 5.13. The van der Waals surface area contributed by atoms with E-state index in [0.717, 1.165) is 11.0 Å². The summed E-state index contributed by atoms with van der Waals surface area (Å²) >= 11 is 0. The molecule has 0 fully saturated rings. The second-order valence-electron chi connectivity index (χ2n) is 5.13. The highest BCUT2D eigenvalue weighted by Crippen LogP contribution is 1.99. The Kier molecular flexibility index (Phi) is 16.2. The highest BCUT2D eigenvalue weighted by molar-refractivity contribution is 5.85. The molecule has 2 atom stereocenters. The number of halogens is 1. The number of aliphatic hydroxyl groups excluding tert-OH is 3. The average molecular weight is 346 g/mol. The number of ether oxygens (including phenoxy) is 2. The Bertz CT molecular complexity index is 285. The third kappa shape index (κ3) is 14.0. The highest BCUT2D eigenvalue weighted by Gasteiger charge is 2.32. The minimum atomic E-state index is -1.89. The summed E-state index contributed by atoms with van der Waals surface area (Å²) in [6, 6.07) is 0. The van der Waals surface area contributed by atoms with Gasteiger partial charge in [-0.1, -0.05) is 0 Å². The lowest BCUT2D eigenvalue weighted by Gasteiger charge is -2.21. The summed E-state index contributed by atoms with van der Waals surface area (Å²) in [4.78, 5) is 21.7. The fourth-order valence-electron chi connectivity index (χ4n) is 1.01. The maximum atomic E-state index is 10.9. The topological polar surface area (TPSA) is 113 Å². The Hall–Kier alpha value is -0.930. The lowest BCUT2D eigenvalue weighted by atomic mass is 10.2. The van der Waals surface area contributed by atoms with Crippen molar-refractivity contribution in [3.05, 3.63) is 0 Å². The van der Waals surface area contributed by atoms with E-state index < -0.39 is 24.1 Å². The number of hydrogen-bond acceptors (Lipinski definition) is 7. The number of esters is 2. The maximum absolute atomic E-state index is 10.9. The van der Waals surface area contributed by atoms with E-state index in [0.29, 0.717) is 0 Å². The number of aliphatic hydroxyl groups is 3. The summed E-state index contributed by atoms with van der Waals surface area (Å²) < 4.78 is 9.64. The monoisotopic (exact) mass is 345 g/mol. The van der Waals surface area contributed by atoms with Gasteiger partial charge in [-0.2, -0.15) is 0 Å². The van der Waals surface area contributed by atoms with Crippen LogP contribution in [0.15, 0.2) is 0 Å². The van der Waals surface area contributed by atoms with Crippen molar-refractivity contribution in [1.82, 2.24) is 0 Å². The number of rotatable bonds is 7. The van der Waals surface area contributed by atoms with E-state index in [2.05, 4.69) is 30.6 Å². The quantitative estimate of drug-likeness (QED) is 0.315. The van der Waals surface area contributed by atoms with Gasteiger partial charge >= 0.3 is 11.9 Å². The third-order valence-electron chi connectivity index (χ3n) is 2.13. The Labute approximate surface area is 137 Å². The molecule has 0 radical (unpaired) electrons. The van der Waals surface area contributed by atoms with Crippen molar-refractivity contribution in [2.24, 2.45) is 0 Å². The normalized spacial score (nSPS) is 12.9. The van der Waals surface area contributed by atoms with Gasteiger partial charge in [0.2, 0.25) is 0 Å². The van der Waals surface area contributed by atoms with Crippen LogP contribution in [0.1, 0.15) is 13.8 Å². The van der Waals surface area contributed by atoms with Gasteiger partial charge in [-0.15, -0.1) is 0 Å². The lowest BCUT2D eigenvalue weighted by molar-refractivity contribution is -0.870. The molecule has 0 bridgehead atoms. The number of hydrogen-bond donors (Lipinski definition) is 3. The molecule has 0 aromatic rings. The molecule has 0 aromatic carbocycles. The summed E-state index contributed by atoms with van der Waals surface area (Å²) in [5, 5.41) is 26.6. The molecule has 0 spiro atoms. The number of likely N-dealkylation sites (N-methyl/N-ethyl adjacent to an activating group) is 1. The molecule has 0 saturated carbocycles. The summed E-state index contributed by atoms with van der Waals surface area (Å²) in [5.41, 5.74) is 0. The standard InChI is InChI=1S/C8H14O6.C5H14NO.ClH/c1-3-13-7(11)5(9)6(10)8(12)14-4-2;1-6(2,3)4-5-7;/h5-6,9-10H,3-4H2,1-2H3;7H,4-5H2,1-3H3;1H/q;+1;/p-1. The third-order valence-corrected chi connectivity index (χ3v) is 2.13. The van der Waals surface area contributed by atoms with Crippen molar-refractivity contribution < 1.29 is 51.3 Å². The molecule has 22 heavy (non-hydrogen) atoms. The van der Waals surface area contributed by atoms with Crippen LogP contribution in [-0.4, -0.2) is 91.5 Å². The van der Waals surface area contributed by atoms with Crippen molar-refractivity contribution in [3.8, 4) is 0 Å². The zero-order chi connectivity index (χ0) is 17.1. The van der Waals surface area contributed by atoms with E-state index in [1.165, 1.54) is 0 Å². The van der Waals surface area contributed by atoms with Gasteiger partial charge in [-0.25, -0.2) is 9.59 Å². The van der Waals surface area contributed by atoms with Gasteiger partial charge < -0.3 is 41.7 Å². The molecule has 0 aromatic heterocycles. The van der Waals surface area contributed by atoms with Crippen LogP contribution in [0, 0.1) is 0 Å². The first-order valence-electron chi connectivity index (χ1n) is 6.71. The van der Waals surface area contributed by atoms with E-state index in [4.69, 9.17) is 15.3 Å². The first-order chi connectivity index (χ1) is 9.60. The Morgan fingerprint density at radius 1 is 0.955 bits per heavy atom. The Balaban J connectivity index is -0.000000385. The van der Waals surface area contributed by atoms with E-state index in [1.807, 2.05) is 0 Å². The van der Waals surface area contributed by atoms with Crippen molar-refractivity contribution in [3.63, 3.8) is 0 Å². The smallest absolute Gasteiger partial charge is 0.338 e. The van der Waals surface area contributed by atoms with Crippen LogP contribution in [0.4, 0.5) is 0 Å². The summed E-state index contributed by atoms with van der Waals surface area (Å²) in [6.07, 6.45) is -3.79. The largest absolute Gasteiger partial charge is 1.00 e. The van der Waals surface area contributed by atoms with Gasteiger partial charge in [0, 0.05) is 0 Å².